The predicted molar refractivity (Wildman–Crippen MR) is 257 cm³/mol. The standard InChI is InChI=1S/C47H94N12O7/c48-30-16-13-23-37(52)45(64)54-34-19-7-1-5-11-28-42(61)58-39(24-14-17-31-49)47(66)56-36-21-9-3-6-12-29-43(62)59-40(25-15-18-32-50)46(65)55-35-20-8-2-4-10-27-41(60)57-38(44(53)63)26-22-33-51/h37-40H,1-36,48-52H2,(H2,53,63)(H,54,64)(H,55,65)(H,56,66)(H,57,60)(H,58,61)(H,59,62)/p+4. The molecule has 66 heavy (non-hydrogen) atoms. The second-order valence-corrected chi connectivity index (χ2v) is 17.8. The maximum Gasteiger partial charge on any atom is 0.242 e. The predicted octanol–water partition coefficient (Wildman–Crippen LogP) is -1.12. The highest BCUT2D eigenvalue weighted by Gasteiger charge is 2.22. The van der Waals surface area contributed by atoms with E-state index in [0.29, 0.717) is 84.0 Å². The van der Waals surface area contributed by atoms with Crippen LogP contribution < -0.4 is 66.3 Å². The highest BCUT2D eigenvalue weighted by molar-refractivity contribution is 5.88. The molecule has 0 fully saturated rings. The number of nitrogens with two attached hydrogens (primary N) is 2. The Balaban J connectivity index is 4.35. The third-order valence-electron chi connectivity index (χ3n) is 11.7. The van der Waals surface area contributed by atoms with Crippen LogP contribution in [-0.2, 0) is 33.6 Å². The summed E-state index contributed by atoms with van der Waals surface area (Å²) in [6, 6.07) is -2.26. The fourth-order valence-corrected chi connectivity index (χ4v) is 7.53. The summed E-state index contributed by atoms with van der Waals surface area (Å²) in [4.78, 5) is 87.5. The van der Waals surface area contributed by atoms with Gasteiger partial charge in [-0.15, -0.1) is 0 Å². The average molecular weight is 943 g/mol. The van der Waals surface area contributed by atoms with Gasteiger partial charge in [-0.2, -0.15) is 0 Å². The van der Waals surface area contributed by atoms with Gasteiger partial charge in [0.05, 0.1) is 32.2 Å². The molecule has 0 spiro atoms. The van der Waals surface area contributed by atoms with Crippen LogP contribution in [0.25, 0.3) is 0 Å². The summed E-state index contributed by atoms with van der Waals surface area (Å²) < 4.78 is 0. The summed E-state index contributed by atoms with van der Waals surface area (Å²) in [7, 11) is 0. The lowest BCUT2D eigenvalue weighted by Crippen LogP contribution is -2.51. The lowest BCUT2D eigenvalue weighted by molar-refractivity contribution is -0.369. The normalized spacial score (nSPS) is 12.9. The van der Waals surface area contributed by atoms with Gasteiger partial charge in [0.15, 0.2) is 0 Å². The van der Waals surface area contributed by atoms with Crippen LogP contribution in [-0.4, -0.2) is 111 Å². The van der Waals surface area contributed by atoms with Gasteiger partial charge < -0.3 is 66.3 Å². The summed E-state index contributed by atoms with van der Waals surface area (Å²) in [5, 5.41) is 17.5. The van der Waals surface area contributed by atoms with E-state index >= 15 is 0 Å². The van der Waals surface area contributed by atoms with E-state index in [2.05, 4.69) is 54.8 Å². The summed E-state index contributed by atoms with van der Waals surface area (Å²) in [5.74, 6) is -1.36. The van der Waals surface area contributed by atoms with Crippen LogP contribution >= 0.6 is 0 Å². The summed E-state index contributed by atoms with van der Waals surface area (Å²) in [6.07, 6.45) is 22.2. The van der Waals surface area contributed by atoms with Crippen molar-refractivity contribution in [3.8, 4) is 0 Å². The Labute approximate surface area is 396 Å². The van der Waals surface area contributed by atoms with Gasteiger partial charge in [-0.3, -0.25) is 33.6 Å². The van der Waals surface area contributed by atoms with Crippen molar-refractivity contribution in [3.05, 3.63) is 0 Å². The molecule has 0 saturated carbocycles. The quantitative estimate of drug-likeness (QED) is 0.0331. The summed E-state index contributed by atoms with van der Waals surface area (Å²) in [6.45, 7) is 4.71. The first kappa shape index (κ1) is 62.1. The Bertz CT molecular complexity index is 1310. The van der Waals surface area contributed by atoms with Crippen LogP contribution in [0.1, 0.15) is 186 Å². The number of hydrogen-bond acceptors (Lipinski definition) is 8. The van der Waals surface area contributed by atoms with Crippen molar-refractivity contribution in [2.24, 2.45) is 11.5 Å². The smallest absolute Gasteiger partial charge is 0.242 e. The molecule has 4 atom stereocenters. The zero-order valence-electron chi connectivity index (χ0n) is 41.1. The monoisotopic (exact) mass is 943 g/mol. The van der Waals surface area contributed by atoms with Crippen molar-refractivity contribution in [2.45, 2.75) is 210 Å². The first-order chi connectivity index (χ1) is 31.9. The number of quaternary nitrogens is 4. The fourth-order valence-electron chi connectivity index (χ4n) is 7.53. The average Bonchev–Trinajstić information content (AvgIpc) is 3.29. The van der Waals surface area contributed by atoms with Crippen LogP contribution in [0.15, 0.2) is 0 Å². The fraction of sp³-hybridized carbons (Fsp3) is 0.851. The Morgan fingerprint density at radius 3 is 1.02 bits per heavy atom. The number of unbranched alkanes of at least 4 members (excludes halogenated alkanes) is 15. The summed E-state index contributed by atoms with van der Waals surface area (Å²) in [5.41, 5.74) is 26.7. The topological polar surface area (TPSA) is 354 Å². The summed E-state index contributed by atoms with van der Waals surface area (Å²) >= 11 is 0. The second-order valence-electron chi connectivity index (χ2n) is 17.8. The molecule has 19 nitrogen and oxygen atoms in total. The molecule has 19 heteroatoms. The van der Waals surface area contributed by atoms with E-state index in [9.17, 15) is 33.6 Å². The van der Waals surface area contributed by atoms with E-state index in [0.717, 1.165) is 148 Å². The molecular formula is C47H98N12O7+4. The Kier molecular flexibility index (Phi) is 41.1. The number of carbonyl (C=O) groups excluding carboxylic acids is 7. The SMILES string of the molecule is NC(=O)C(CCC[NH3+])NC(=O)CCCCCCCNC(=O)C(CCCC[NH3+])NC(=O)CCCCCCCNC(=O)C(CCCC[NH3+])NC(=O)CCCCCCCNC(=O)C(N)CCCC[NH3+]. The van der Waals surface area contributed by atoms with Gasteiger partial charge in [0, 0.05) is 38.9 Å². The van der Waals surface area contributed by atoms with E-state index in [1.54, 1.807) is 0 Å². The van der Waals surface area contributed by atoms with Crippen LogP contribution in [0.2, 0.25) is 0 Å². The molecule has 0 radical (unpaired) electrons. The van der Waals surface area contributed by atoms with Crippen molar-refractivity contribution in [2.75, 3.05) is 45.8 Å². The number of carbonyl (C=O) groups is 7. The van der Waals surface area contributed by atoms with E-state index < -0.39 is 30.1 Å². The zero-order valence-corrected chi connectivity index (χ0v) is 41.1. The van der Waals surface area contributed by atoms with Gasteiger partial charge in [-0.05, 0) is 109 Å². The van der Waals surface area contributed by atoms with Crippen LogP contribution in [0.5, 0.6) is 0 Å². The molecule has 0 bridgehead atoms. The first-order valence-electron chi connectivity index (χ1n) is 25.8. The number of hydrogen-bond donors (Lipinski definition) is 12. The van der Waals surface area contributed by atoms with E-state index in [4.69, 9.17) is 11.5 Å². The molecule has 0 aliphatic heterocycles. The van der Waals surface area contributed by atoms with Gasteiger partial charge in [-0.1, -0.05) is 57.8 Å². The molecule has 384 valence electrons. The van der Waals surface area contributed by atoms with Crippen LogP contribution in [0.4, 0.5) is 0 Å². The molecule has 22 N–H and O–H groups in total. The van der Waals surface area contributed by atoms with E-state index in [1.807, 2.05) is 0 Å². The minimum atomic E-state index is -0.648. The largest absolute Gasteiger partial charge is 0.368 e. The van der Waals surface area contributed by atoms with Crippen LogP contribution in [0, 0.1) is 0 Å². The van der Waals surface area contributed by atoms with Gasteiger partial charge in [0.25, 0.3) is 0 Å². The molecule has 0 aromatic carbocycles. The number of primary amides is 1. The van der Waals surface area contributed by atoms with Crippen LogP contribution in [0.3, 0.4) is 0 Å². The van der Waals surface area contributed by atoms with Gasteiger partial charge in [0.2, 0.25) is 41.4 Å². The first-order valence-corrected chi connectivity index (χ1v) is 25.8. The number of rotatable bonds is 46. The van der Waals surface area contributed by atoms with Crippen molar-refractivity contribution in [3.63, 3.8) is 0 Å². The molecule has 0 saturated heterocycles. The number of amides is 7. The van der Waals surface area contributed by atoms with E-state index in [-0.39, 0.29) is 35.4 Å². The molecule has 0 aromatic heterocycles. The Morgan fingerprint density at radius 1 is 0.348 bits per heavy atom. The zero-order chi connectivity index (χ0) is 49.0. The van der Waals surface area contributed by atoms with Gasteiger partial charge >= 0.3 is 0 Å². The van der Waals surface area contributed by atoms with Gasteiger partial charge in [0.1, 0.15) is 18.1 Å². The lowest BCUT2D eigenvalue weighted by Gasteiger charge is -2.19. The van der Waals surface area contributed by atoms with Gasteiger partial charge in [-0.25, -0.2) is 0 Å². The van der Waals surface area contributed by atoms with E-state index in [1.165, 1.54) is 0 Å². The molecule has 0 rings (SSSR count). The molecule has 0 aromatic rings. The van der Waals surface area contributed by atoms with Crippen molar-refractivity contribution >= 4 is 41.4 Å². The third kappa shape index (κ3) is 36.2. The van der Waals surface area contributed by atoms with Crippen molar-refractivity contribution in [1.82, 2.24) is 31.9 Å². The minimum absolute atomic E-state index is 0.0975. The highest BCUT2D eigenvalue weighted by atomic mass is 16.2. The lowest BCUT2D eigenvalue weighted by atomic mass is 10.1. The maximum absolute atomic E-state index is 13.1. The maximum atomic E-state index is 13.1. The Morgan fingerprint density at radius 2 is 0.652 bits per heavy atom. The Hall–Kier alpha value is -3.91. The van der Waals surface area contributed by atoms with Crippen molar-refractivity contribution < 1.29 is 56.5 Å². The molecule has 0 heterocycles. The third-order valence-corrected chi connectivity index (χ3v) is 11.7. The number of nitrogens with one attached hydrogen (secondary N) is 6. The molecule has 4 unspecified atom stereocenters. The second kappa shape index (κ2) is 43.6. The molecule has 0 aliphatic carbocycles. The molecule has 7 amide bonds. The molecule has 0 aliphatic rings. The molecular weight excluding hydrogens is 845 g/mol. The van der Waals surface area contributed by atoms with Crippen molar-refractivity contribution in [1.29, 1.82) is 0 Å². The highest BCUT2D eigenvalue weighted by Crippen LogP contribution is 2.10. The minimum Gasteiger partial charge on any atom is -0.368 e.